The van der Waals surface area contributed by atoms with Gasteiger partial charge in [-0.15, -0.1) is 0 Å². The van der Waals surface area contributed by atoms with E-state index in [1.807, 2.05) is 6.92 Å². The minimum absolute atomic E-state index is 0.108. The summed E-state index contributed by atoms with van der Waals surface area (Å²) in [7, 11) is -3.84. The highest BCUT2D eigenvalue weighted by molar-refractivity contribution is 7.89. The zero-order valence-electron chi connectivity index (χ0n) is 18.1. The van der Waals surface area contributed by atoms with Crippen molar-refractivity contribution in [3.8, 4) is 11.5 Å². The Morgan fingerprint density at radius 1 is 0.939 bits per heavy atom. The standard InChI is InChI=1S/C21H25N3O8S/c1-3-30-17-10-5-14(11-18(17)31-4-2)21(27)23-12-20(26)32-13-19(25)24-15-6-8-16(9-7-15)33(22,28)29/h5-11H,3-4,12-13H2,1-2H3,(H,23,27)(H,24,25)(H2,22,28,29). The van der Waals surface area contributed by atoms with Gasteiger partial charge in [-0.25, -0.2) is 13.6 Å². The van der Waals surface area contributed by atoms with E-state index in [-0.39, 0.29) is 16.1 Å². The van der Waals surface area contributed by atoms with Crippen LogP contribution in [0.3, 0.4) is 0 Å². The first-order chi connectivity index (χ1) is 15.6. The van der Waals surface area contributed by atoms with E-state index >= 15 is 0 Å². The third-order valence-electron chi connectivity index (χ3n) is 4.03. The van der Waals surface area contributed by atoms with Gasteiger partial charge in [-0.3, -0.25) is 14.4 Å². The molecule has 0 saturated heterocycles. The van der Waals surface area contributed by atoms with Crippen LogP contribution < -0.4 is 25.2 Å². The number of ether oxygens (including phenoxy) is 3. The Labute approximate surface area is 191 Å². The monoisotopic (exact) mass is 479 g/mol. The molecule has 2 aromatic carbocycles. The number of nitrogens with two attached hydrogens (primary N) is 1. The van der Waals surface area contributed by atoms with E-state index in [1.54, 1.807) is 13.0 Å². The van der Waals surface area contributed by atoms with Crippen molar-refractivity contribution in [2.45, 2.75) is 18.7 Å². The van der Waals surface area contributed by atoms with E-state index < -0.39 is 41.0 Å². The van der Waals surface area contributed by atoms with Crippen molar-refractivity contribution in [2.24, 2.45) is 5.14 Å². The van der Waals surface area contributed by atoms with Crippen LogP contribution in [0.25, 0.3) is 0 Å². The van der Waals surface area contributed by atoms with Crippen molar-refractivity contribution < 1.29 is 37.0 Å². The number of primary sulfonamides is 1. The summed E-state index contributed by atoms with van der Waals surface area (Å²) in [6.45, 7) is 3.40. The number of sulfonamides is 1. The average Bonchev–Trinajstić information content (AvgIpc) is 2.77. The maximum atomic E-state index is 12.3. The van der Waals surface area contributed by atoms with Crippen LogP contribution in [0.5, 0.6) is 11.5 Å². The molecule has 4 N–H and O–H groups in total. The highest BCUT2D eigenvalue weighted by Gasteiger charge is 2.14. The lowest BCUT2D eigenvalue weighted by molar-refractivity contribution is -0.146. The summed E-state index contributed by atoms with van der Waals surface area (Å²) in [5.74, 6) is -1.09. The second-order valence-electron chi connectivity index (χ2n) is 6.49. The van der Waals surface area contributed by atoms with Crippen LogP contribution in [0.4, 0.5) is 5.69 Å². The van der Waals surface area contributed by atoms with Gasteiger partial charge in [0.1, 0.15) is 6.54 Å². The number of benzene rings is 2. The van der Waals surface area contributed by atoms with Gasteiger partial charge in [0.05, 0.1) is 18.1 Å². The second-order valence-corrected chi connectivity index (χ2v) is 8.05. The normalized spacial score (nSPS) is 10.8. The predicted molar refractivity (Wildman–Crippen MR) is 119 cm³/mol. The first-order valence-electron chi connectivity index (χ1n) is 9.90. The fourth-order valence-electron chi connectivity index (χ4n) is 2.57. The van der Waals surface area contributed by atoms with Gasteiger partial charge in [0.2, 0.25) is 10.0 Å². The summed E-state index contributed by atoms with van der Waals surface area (Å²) >= 11 is 0. The molecule has 0 bridgehead atoms. The largest absolute Gasteiger partial charge is 0.490 e. The molecule has 2 aromatic rings. The number of esters is 1. The van der Waals surface area contributed by atoms with Gasteiger partial charge >= 0.3 is 5.97 Å². The maximum Gasteiger partial charge on any atom is 0.325 e. The topological polar surface area (TPSA) is 163 Å². The number of nitrogens with one attached hydrogen (secondary N) is 2. The Morgan fingerprint density at radius 2 is 1.58 bits per heavy atom. The molecule has 0 saturated carbocycles. The number of amides is 2. The van der Waals surface area contributed by atoms with Crippen LogP contribution in [-0.4, -0.2) is 52.6 Å². The van der Waals surface area contributed by atoms with E-state index in [1.165, 1.54) is 36.4 Å². The number of carbonyl (C=O) groups excluding carboxylic acids is 3. The third-order valence-corrected chi connectivity index (χ3v) is 4.96. The molecule has 178 valence electrons. The molecule has 0 atom stereocenters. The number of anilines is 1. The maximum absolute atomic E-state index is 12.3. The second kappa shape index (κ2) is 11.8. The van der Waals surface area contributed by atoms with Gasteiger partial charge in [0.25, 0.3) is 11.8 Å². The van der Waals surface area contributed by atoms with Crippen LogP contribution >= 0.6 is 0 Å². The first kappa shape index (κ1) is 25.6. The Kier molecular flexibility index (Phi) is 9.18. The summed E-state index contributed by atoms with van der Waals surface area (Å²) in [4.78, 5) is 36.0. The number of hydrogen-bond acceptors (Lipinski definition) is 8. The zero-order valence-corrected chi connectivity index (χ0v) is 18.9. The highest BCUT2D eigenvalue weighted by Crippen LogP contribution is 2.28. The van der Waals surface area contributed by atoms with Gasteiger partial charge in [0, 0.05) is 11.3 Å². The number of rotatable bonds is 11. The van der Waals surface area contributed by atoms with Crippen LogP contribution in [0.1, 0.15) is 24.2 Å². The fraction of sp³-hybridized carbons (Fsp3) is 0.286. The Balaban J connectivity index is 1.82. The van der Waals surface area contributed by atoms with E-state index in [0.717, 1.165) is 0 Å². The van der Waals surface area contributed by atoms with Gasteiger partial charge < -0.3 is 24.8 Å². The van der Waals surface area contributed by atoms with Crippen LogP contribution in [0.2, 0.25) is 0 Å². The molecule has 0 heterocycles. The molecule has 0 aliphatic rings. The molecule has 12 heteroatoms. The molecule has 0 spiro atoms. The van der Waals surface area contributed by atoms with Crippen molar-refractivity contribution in [3.05, 3.63) is 48.0 Å². The summed E-state index contributed by atoms with van der Waals surface area (Å²) in [6, 6.07) is 9.77. The summed E-state index contributed by atoms with van der Waals surface area (Å²) in [6.07, 6.45) is 0. The SMILES string of the molecule is CCOc1ccc(C(=O)NCC(=O)OCC(=O)Nc2ccc(S(N)(=O)=O)cc2)cc1OCC. The van der Waals surface area contributed by atoms with E-state index in [4.69, 9.17) is 19.3 Å². The number of carbonyl (C=O) groups is 3. The Hall–Kier alpha value is -3.64. The molecule has 0 aliphatic heterocycles. The van der Waals surface area contributed by atoms with Crippen molar-refractivity contribution >= 4 is 33.5 Å². The fourth-order valence-corrected chi connectivity index (χ4v) is 3.08. The zero-order chi connectivity index (χ0) is 24.4. The lowest BCUT2D eigenvalue weighted by Gasteiger charge is -2.12. The molecule has 2 amide bonds. The van der Waals surface area contributed by atoms with Gasteiger partial charge in [0.15, 0.2) is 18.1 Å². The molecule has 0 aromatic heterocycles. The molecular weight excluding hydrogens is 454 g/mol. The molecule has 33 heavy (non-hydrogen) atoms. The average molecular weight is 480 g/mol. The van der Waals surface area contributed by atoms with Crippen molar-refractivity contribution in [2.75, 3.05) is 31.7 Å². The lowest BCUT2D eigenvalue weighted by atomic mass is 10.2. The Bertz CT molecular complexity index is 1100. The van der Waals surface area contributed by atoms with Crippen molar-refractivity contribution in [1.29, 1.82) is 0 Å². The van der Waals surface area contributed by atoms with Crippen LogP contribution in [-0.2, 0) is 24.3 Å². The first-order valence-corrected chi connectivity index (χ1v) is 11.4. The number of hydrogen-bond donors (Lipinski definition) is 3. The summed E-state index contributed by atoms with van der Waals surface area (Å²) < 4.78 is 38.2. The molecule has 0 radical (unpaired) electrons. The molecular formula is C21H25N3O8S. The minimum atomic E-state index is -3.84. The quantitative estimate of drug-likeness (QED) is 0.403. The Morgan fingerprint density at radius 3 is 2.18 bits per heavy atom. The molecule has 11 nitrogen and oxygen atoms in total. The lowest BCUT2D eigenvalue weighted by Crippen LogP contribution is -2.32. The van der Waals surface area contributed by atoms with Crippen molar-refractivity contribution in [1.82, 2.24) is 5.32 Å². The highest BCUT2D eigenvalue weighted by atomic mass is 32.2. The van der Waals surface area contributed by atoms with Gasteiger partial charge in [-0.2, -0.15) is 0 Å². The van der Waals surface area contributed by atoms with Crippen LogP contribution in [0, 0.1) is 0 Å². The predicted octanol–water partition coefficient (Wildman–Crippen LogP) is 1.04. The smallest absolute Gasteiger partial charge is 0.325 e. The molecule has 0 unspecified atom stereocenters. The van der Waals surface area contributed by atoms with E-state index in [0.29, 0.717) is 24.7 Å². The van der Waals surface area contributed by atoms with Crippen LogP contribution in [0.15, 0.2) is 47.4 Å². The molecule has 2 rings (SSSR count). The van der Waals surface area contributed by atoms with Gasteiger partial charge in [-0.1, -0.05) is 0 Å². The third kappa shape index (κ3) is 8.09. The molecule has 0 aliphatic carbocycles. The van der Waals surface area contributed by atoms with Crippen molar-refractivity contribution in [3.63, 3.8) is 0 Å². The van der Waals surface area contributed by atoms with E-state index in [9.17, 15) is 22.8 Å². The summed E-state index contributed by atoms with van der Waals surface area (Å²) in [5, 5.41) is 9.84. The minimum Gasteiger partial charge on any atom is -0.490 e. The van der Waals surface area contributed by atoms with E-state index in [2.05, 4.69) is 10.6 Å². The van der Waals surface area contributed by atoms with Gasteiger partial charge in [-0.05, 0) is 56.3 Å². The summed E-state index contributed by atoms with van der Waals surface area (Å²) in [5.41, 5.74) is 0.549. The molecule has 0 fully saturated rings.